The molecule has 0 radical (unpaired) electrons. The van der Waals surface area contributed by atoms with Crippen LogP contribution >= 0.6 is 11.6 Å². The number of nitrogen functional groups attached to an aromatic ring is 1. The second-order valence-corrected chi connectivity index (χ2v) is 6.75. The van der Waals surface area contributed by atoms with Crippen LogP contribution in [0.25, 0.3) is 0 Å². The summed E-state index contributed by atoms with van der Waals surface area (Å²) in [5.74, 6) is 0.0528. The minimum atomic E-state index is -3.34. The summed E-state index contributed by atoms with van der Waals surface area (Å²) in [6.45, 7) is 0. The van der Waals surface area contributed by atoms with Crippen molar-refractivity contribution < 1.29 is 8.42 Å². The summed E-state index contributed by atoms with van der Waals surface area (Å²) < 4.78 is 24.3. The monoisotopic (exact) mass is 295 g/mol. The lowest BCUT2D eigenvalue weighted by molar-refractivity contribution is 0.595. The molecule has 3 nitrogen and oxygen atoms in total. The van der Waals surface area contributed by atoms with Gasteiger partial charge in [0.1, 0.15) is 0 Å². The summed E-state index contributed by atoms with van der Waals surface area (Å²) in [4.78, 5) is 0.211. The molecule has 2 rings (SSSR count). The number of sulfone groups is 1. The fourth-order valence-electron chi connectivity index (χ4n) is 1.72. The highest BCUT2D eigenvalue weighted by Crippen LogP contribution is 2.23. The lowest BCUT2D eigenvalue weighted by atomic mass is 10.2. The topological polar surface area (TPSA) is 60.2 Å². The van der Waals surface area contributed by atoms with E-state index < -0.39 is 9.84 Å². The molecule has 100 valence electrons. The molecule has 19 heavy (non-hydrogen) atoms. The Balaban J connectivity index is 2.16. The first-order chi connectivity index (χ1) is 8.99. The molecule has 0 aliphatic rings. The molecular weight excluding hydrogens is 282 g/mol. The van der Waals surface area contributed by atoms with E-state index in [4.69, 9.17) is 17.3 Å². The summed E-state index contributed by atoms with van der Waals surface area (Å²) in [6, 6.07) is 13.9. The molecule has 0 saturated heterocycles. The number of halogens is 1. The summed E-state index contributed by atoms with van der Waals surface area (Å²) in [5, 5.41) is 0.265. The van der Waals surface area contributed by atoms with Crippen LogP contribution in [0.5, 0.6) is 0 Å². The Bertz CT molecular complexity index is 669. The summed E-state index contributed by atoms with van der Waals surface area (Å²) in [5.41, 5.74) is 6.94. The zero-order valence-electron chi connectivity index (χ0n) is 10.2. The van der Waals surface area contributed by atoms with Crippen molar-refractivity contribution in [3.8, 4) is 0 Å². The lowest BCUT2D eigenvalue weighted by Crippen LogP contribution is -2.09. The third kappa shape index (κ3) is 3.49. The predicted octanol–water partition coefficient (Wildman–Crippen LogP) is 2.94. The molecule has 0 saturated carbocycles. The fraction of sp³-hybridized carbons (Fsp3) is 0.143. The number of hydrogen-bond donors (Lipinski definition) is 1. The van der Waals surface area contributed by atoms with E-state index in [1.54, 1.807) is 0 Å². The first kappa shape index (κ1) is 13.9. The standard InChI is InChI=1S/C14H14ClNO2S/c15-13-10-12(6-7-14(13)16)19(17,18)9-8-11-4-2-1-3-5-11/h1-7,10H,8-9,16H2. The van der Waals surface area contributed by atoms with Crippen LogP contribution in [0.1, 0.15) is 5.56 Å². The van der Waals surface area contributed by atoms with E-state index in [0.717, 1.165) is 5.56 Å². The van der Waals surface area contributed by atoms with E-state index in [-0.39, 0.29) is 15.7 Å². The Hall–Kier alpha value is -1.52. The number of aryl methyl sites for hydroxylation is 1. The smallest absolute Gasteiger partial charge is 0.178 e. The van der Waals surface area contributed by atoms with Gasteiger partial charge in [-0.3, -0.25) is 0 Å². The average molecular weight is 296 g/mol. The van der Waals surface area contributed by atoms with E-state index in [1.165, 1.54) is 18.2 Å². The molecule has 0 aliphatic heterocycles. The van der Waals surface area contributed by atoms with Crippen LogP contribution in [0.2, 0.25) is 5.02 Å². The van der Waals surface area contributed by atoms with Gasteiger partial charge in [-0.1, -0.05) is 41.9 Å². The highest BCUT2D eigenvalue weighted by molar-refractivity contribution is 7.91. The van der Waals surface area contributed by atoms with Crippen LogP contribution in [0.4, 0.5) is 5.69 Å². The first-order valence-electron chi connectivity index (χ1n) is 5.81. The van der Waals surface area contributed by atoms with Crippen molar-refractivity contribution in [1.29, 1.82) is 0 Å². The van der Waals surface area contributed by atoms with Crippen LogP contribution in [0, 0.1) is 0 Å². The highest BCUT2D eigenvalue weighted by atomic mass is 35.5. The van der Waals surface area contributed by atoms with Gasteiger partial charge in [-0.15, -0.1) is 0 Å². The van der Waals surface area contributed by atoms with Crippen LogP contribution < -0.4 is 5.73 Å². The van der Waals surface area contributed by atoms with Crippen molar-refractivity contribution in [1.82, 2.24) is 0 Å². The SMILES string of the molecule is Nc1ccc(S(=O)(=O)CCc2ccccc2)cc1Cl. The molecule has 0 atom stereocenters. The summed E-state index contributed by atoms with van der Waals surface area (Å²) >= 11 is 5.85. The van der Waals surface area contributed by atoms with Gasteiger partial charge in [0.25, 0.3) is 0 Å². The molecular formula is C14H14ClNO2S. The molecule has 0 bridgehead atoms. The Labute approximate surface area is 117 Å². The number of hydrogen-bond acceptors (Lipinski definition) is 3. The van der Waals surface area contributed by atoms with Gasteiger partial charge in [-0.25, -0.2) is 8.42 Å². The van der Waals surface area contributed by atoms with Gasteiger partial charge >= 0.3 is 0 Å². The van der Waals surface area contributed by atoms with E-state index in [0.29, 0.717) is 12.1 Å². The van der Waals surface area contributed by atoms with E-state index in [2.05, 4.69) is 0 Å². The summed E-state index contributed by atoms with van der Waals surface area (Å²) in [7, 11) is -3.34. The van der Waals surface area contributed by atoms with Gasteiger partial charge in [-0.2, -0.15) is 0 Å². The maximum atomic E-state index is 12.2. The van der Waals surface area contributed by atoms with E-state index >= 15 is 0 Å². The maximum Gasteiger partial charge on any atom is 0.178 e. The minimum Gasteiger partial charge on any atom is -0.398 e. The van der Waals surface area contributed by atoms with Crippen molar-refractivity contribution in [3.63, 3.8) is 0 Å². The van der Waals surface area contributed by atoms with Gasteiger partial charge in [0, 0.05) is 0 Å². The molecule has 0 unspecified atom stereocenters. The molecule has 0 aromatic heterocycles. The second-order valence-electron chi connectivity index (χ2n) is 4.24. The van der Waals surface area contributed by atoms with Crippen molar-refractivity contribution >= 4 is 27.1 Å². The Morgan fingerprint density at radius 1 is 1.05 bits per heavy atom. The molecule has 5 heteroatoms. The molecule has 0 fully saturated rings. The van der Waals surface area contributed by atoms with Crippen molar-refractivity contribution in [2.45, 2.75) is 11.3 Å². The van der Waals surface area contributed by atoms with Gasteiger partial charge in [0.05, 0.1) is 21.4 Å². The Morgan fingerprint density at radius 3 is 2.37 bits per heavy atom. The first-order valence-corrected chi connectivity index (χ1v) is 7.84. The van der Waals surface area contributed by atoms with Crippen LogP contribution in [-0.4, -0.2) is 14.2 Å². The highest BCUT2D eigenvalue weighted by Gasteiger charge is 2.15. The fourth-order valence-corrected chi connectivity index (χ4v) is 3.27. The molecule has 0 amide bonds. The largest absolute Gasteiger partial charge is 0.398 e. The van der Waals surface area contributed by atoms with E-state index in [1.807, 2.05) is 30.3 Å². The van der Waals surface area contributed by atoms with Gasteiger partial charge < -0.3 is 5.73 Å². The Morgan fingerprint density at radius 2 is 1.74 bits per heavy atom. The summed E-state index contributed by atoms with van der Waals surface area (Å²) in [6.07, 6.45) is 0.477. The molecule has 0 aliphatic carbocycles. The number of nitrogens with two attached hydrogens (primary N) is 1. The predicted molar refractivity (Wildman–Crippen MR) is 78.1 cm³/mol. The quantitative estimate of drug-likeness (QED) is 0.882. The average Bonchev–Trinajstić information content (AvgIpc) is 2.41. The van der Waals surface area contributed by atoms with Crippen molar-refractivity contribution in [2.75, 3.05) is 11.5 Å². The van der Waals surface area contributed by atoms with Crippen molar-refractivity contribution in [3.05, 3.63) is 59.1 Å². The molecule has 2 aromatic carbocycles. The molecule has 2 N–H and O–H groups in total. The minimum absolute atomic E-state index is 0.0528. The number of rotatable bonds is 4. The molecule has 2 aromatic rings. The van der Waals surface area contributed by atoms with Crippen molar-refractivity contribution in [2.24, 2.45) is 0 Å². The maximum absolute atomic E-state index is 12.2. The van der Waals surface area contributed by atoms with Gasteiger partial charge in [-0.05, 0) is 30.2 Å². The number of anilines is 1. The number of benzene rings is 2. The van der Waals surface area contributed by atoms with Gasteiger partial charge in [0.2, 0.25) is 0 Å². The third-order valence-corrected chi connectivity index (χ3v) is 4.87. The lowest BCUT2D eigenvalue weighted by Gasteiger charge is -2.06. The molecule has 0 spiro atoms. The van der Waals surface area contributed by atoms with Gasteiger partial charge in [0.15, 0.2) is 9.84 Å². The van der Waals surface area contributed by atoms with Crippen LogP contribution in [-0.2, 0) is 16.3 Å². The molecule has 0 heterocycles. The zero-order chi connectivity index (χ0) is 13.9. The van der Waals surface area contributed by atoms with Crippen LogP contribution in [0.3, 0.4) is 0 Å². The Kier molecular flexibility index (Phi) is 4.12. The third-order valence-electron chi connectivity index (χ3n) is 2.83. The zero-order valence-corrected chi connectivity index (χ0v) is 11.8. The second kappa shape index (κ2) is 5.63. The van der Waals surface area contributed by atoms with Crippen LogP contribution in [0.15, 0.2) is 53.4 Å². The van der Waals surface area contributed by atoms with E-state index in [9.17, 15) is 8.42 Å². The normalized spacial score (nSPS) is 11.4.